The summed E-state index contributed by atoms with van der Waals surface area (Å²) in [6, 6.07) is 12.8. The van der Waals surface area contributed by atoms with E-state index in [-0.39, 0.29) is 0 Å². The van der Waals surface area contributed by atoms with Crippen molar-refractivity contribution in [2.75, 3.05) is 11.9 Å². The molecule has 19 heavy (non-hydrogen) atoms. The predicted molar refractivity (Wildman–Crippen MR) is 81.1 cm³/mol. The van der Waals surface area contributed by atoms with Crippen LogP contribution in [0.5, 0.6) is 0 Å². The lowest BCUT2D eigenvalue weighted by Crippen LogP contribution is -2.12. The lowest BCUT2D eigenvalue weighted by molar-refractivity contribution is 0.191. The second-order valence-electron chi connectivity index (χ2n) is 4.36. The summed E-state index contributed by atoms with van der Waals surface area (Å²) in [7, 11) is 0. The molecule has 2 rings (SSSR count). The molecule has 2 aromatic rings. The van der Waals surface area contributed by atoms with Gasteiger partial charge in [-0.2, -0.15) is 0 Å². The minimum atomic E-state index is -0.587. The lowest BCUT2D eigenvalue weighted by Gasteiger charge is -2.15. The Morgan fingerprint density at radius 2 is 1.79 bits per heavy atom. The van der Waals surface area contributed by atoms with E-state index >= 15 is 0 Å². The molecule has 1 unspecified atom stereocenters. The van der Waals surface area contributed by atoms with Gasteiger partial charge in [0.05, 0.1) is 6.10 Å². The van der Waals surface area contributed by atoms with Crippen LogP contribution in [-0.4, -0.2) is 11.7 Å². The largest absolute Gasteiger partial charge is 0.387 e. The maximum Gasteiger partial charge on any atom is 0.0962 e. The Labute approximate surface area is 123 Å². The summed E-state index contributed by atoms with van der Waals surface area (Å²) in [6.45, 7) is 2.36. The normalized spacial score (nSPS) is 12.2. The van der Waals surface area contributed by atoms with Crippen LogP contribution in [0.4, 0.5) is 5.69 Å². The predicted octanol–water partition coefficient (Wildman–Crippen LogP) is 4.45. The lowest BCUT2D eigenvalue weighted by atomic mass is 10.1. The highest BCUT2D eigenvalue weighted by Crippen LogP contribution is 2.24. The quantitative estimate of drug-likeness (QED) is 0.873. The smallest absolute Gasteiger partial charge is 0.0962 e. The van der Waals surface area contributed by atoms with Gasteiger partial charge in [0.2, 0.25) is 0 Å². The van der Waals surface area contributed by atoms with Crippen molar-refractivity contribution in [1.82, 2.24) is 0 Å². The highest BCUT2D eigenvalue weighted by molar-refractivity contribution is 6.31. The fourth-order valence-corrected chi connectivity index (χ4v) is 2.11. The molecule has 0 saturated carbocycles. The fraction of sp³-hybridized carbons (Fsp3) is 0.200. The van der Waals surface area contributed by atoms with Crippen molar-refractivity contribution < 1.29 is 5.11 Å². The van der Waals surface area contributed by atoms with E-state index in [0.717, 1.165) is 16.8 Å². The van der Waals surface area contributed by atoms with Gasteiger partial charge in [-0.1, -0.05) is 41.4 Å². The van der Waals surface area contributed by atoms with Gasteiger partial charge in [0, 0.05) is 22.3 Å². The Balaban J connectivity index is 2.02. The first kappa shape index (κ1) is 14.2. The number of aliphatic hydroxyl groups excluding tert-OH is 1. The minimum absolute atomic E-state index is 0.419. The van der Waals surface area contributed by atoms with E-state index in [0.29, 0.717) is 16.6 Å². The Kier molecular flexibility index (Phi) is 4.70. The zero-order valence-corrected chi connectivity index (χ0v) is 12.0. The summed E-state index contributed by atoms with van der Waals surface area (Å²) in [5.74, 6) is 0. The van der Waals surface area contributed by atoms with Crippen LogP contribution in [-0.2, 0) is 0 Å². The summed E-state index contributed by atoms with van der Waals surface area (Å²) in [6.07, 6.45) is -0.587. The zero-order valence-electron chi connectivity index (χ0n) is 10.5. The summed E-state index contributed by atoms with van der Waals surface area (Å²) in [5.41, 5.74) is 2.74. The van der Waals surface area contributed by atoms with E-state index in [4.69, 9.17) is 23.2 Å². The van der Waals surface area contributed by atoms with Gasteiger partial charge in [0.15, 0.2) is 0 Å². The number of aliphatic hydroxyl groups is 1. The highest BCUT2D eigenvalue weighted by atomic mass is 35.5. The third kappa shape index (κ3) is 3.63. The number of benzene rings is 2. The first-order valence-electron chi connectivity index (χ1n) is 6.00. The van der Waals surface area contributed by atoms with Crippen molar-refractivity contribution in [2.24, 2.45) is 0 Å². The molecule has 2 aromatic carbocycles. The van der Waals surface area contributed by atoms with E-state index in [1.807, 2.05) is 37.3 Å². The molecule has 0 aliphatic carbocycles. The van der Waals surface area contributed by atoms with Crippen molar-refractivity contribution in [3.05, 3.63) is 63.6 Å². The molecular weight excluding hydrogens is 281 g/mol. The van der Waals surface area contributed by atoms with Gasteiger partial charge in [-0.3, -0.25) is 0 Å². The van der Waals surface area contributed by atoms with E-state index in [2.05, 4.69) is 5.32 Å². The van der Waals surface area contributed by atoms with E-state index in [1.165, 1.54) is 0 Å². The van der Waals surface area contributed by atoms with Gasteiger partial charge < -0.3 is 10.4 Å². The average molecular weight is 296 g/mol. The number of hydrogen-bond donors (Lipinski definition) is 2. The third-order valence-corrected chi connectivity index (χ3v) is 3.67. The number of halogens is 2. The average Bonchev–Trinajstić information content (AvgIpc) is 2.41. The summed E-state index contributed by atoms with van der Waals surface area (Å²) < 4.78 is 0. The molecule has 1 atom stereocenters. The van der Waals surface area contributed by atoms with Crippen LogP contribution in [0, 0.1) is 6.92 Å². The van der Waals surface area contributed by atoms with Crippen molar-refractivity contribution in [1.29, 1.82) is 0 Å². The molecule has 0 radical (unpaired) electrons. The zero-order chi connectivity index (χ0) is 13.8. The van der Waals surface area contributed by atoms with E-state index in [9.17, 15) is 5.11 Å². The van der Waals surface area contributed by atoms with Crippen LogP contribution in [0.25, 0.3) is 0 Å². The van der Waals surface area contributed by atoms with Gasteiger partial charge in [-0.25, -0.2) is 0 Å². The van der Waals surface area contributed by atoms with Crippen molar-refractivity contribution >= 4 is 28.9 Å². The summed E-state index contributed by atoms with van der Waals surface area (Å²) in [4.78, 5) is 0. The van der Waals surface area contributed by atoms with Gasteiger partial charge in [-0.05, 0) is 42.3 Å². The maximum atomic E-state index is 10.1. The number of anilines is 1. The van der Waals surface area contributed by atoms with Crippen LogP contribution in [0.15, 0.2) is 42.5 Å². The van der Waals surface area contributed by atoms with E-state index in [1.54, 1.807) is 12.1 Å². The number of hydrogen-bond acceptors (Lipinski definition) is 2. The molecule has 0 amide bonds. The first-order valence-corrected chi connectivity index (χ1v) is 6.76. The minimum Gasteiger partial charge on any atom is -0.387 e. The topological polar surface area (TPSA) is 32.3 Å². The SMILES string of the molecule is Cc1c(Cl)cccc1NCC(O)c1ccc(Cl)cc1. The van der Waals surface area contributed by atoms with Crippen LogP contribution in [0.3, 0.4) is 0 Å². The number of rotatable bonds is 4. The fourth-order valence-electron chi connectivity index (χ4n) is 1.81. The molecule has 0 bridgehead atoms. The summed E-state index contributed by atoms with van der Waals surface area (Å²) >= 11 is 11.9. The molecule has 100 valence electrons. The standard InChI is InChI=1S/C15H15Cl2NO/c1-10-13(17)3-2-4-14(10)18-9-15(19)11-5-7-12(16)8-6-11/h2-8,15,18-19H,9H2,1H3. The molecule has 0 heterocycles. The molecule has 2 nitrogen and oxygen atoms in total. The molecule has 0 fully saturated rings. The number of nitrogens with one attached hydrogen (secondary N) is 1. The van der Waals surface area contributed by atoms with Gasteiger partial charge >= 0.3 is 0 Å². The van der Waals surface area contributed by atoms with Crippen molar-refractivity contribution in [3.63, 3.8) is 0 Å². The Hall–Kier alpha value is -1.22. The van der Waals surface area contributed by atoms with Gasteiger partial charge in [0.1, 0.15) is 0 Å². The van der Waals surface area contributed by atoms with Gasteiger partial charge in [0.25, 0.3) is 0 Å². The van der Waals surface area contributed by atoms with Gasteiger partial charge in [-0.15, -0.1) is 0 Å². The van der Waals surface area contributed by atoms with Crippen LogP contribution in [0.2, 0.25) is 10.0 Å². The molecule has 4 heteroatoms. The maximum absolute atomic E-state index is 10.1. The van der Waals surface area contributed by atoms with Crippen molar-refractivity contribution in [2.45, 2.75) is 13.0 Å². The highest BCUT2D eigenvalue weighted by Gasteiger charge is 2.08. The molecule has 2 N–H and O–H groups in total. The molecule has 0 spiro atoms. The molecule has 0 aliphatic rings. The molecule has 0 saturated heterocycles. The Morgan fingerprint density at radius 1 is 1.11 bits per heavy atom. The second kappa shape index (κ2) is 6.29. The summed E-state index contributed by atoms with van der Waals surface area (Å²) in [5, 5.41) is 14.7. The Bertz CT molecular complexity index is 555. The van der Waals surface area contributed by atoms with Crippen LogP contribution >= 0.6 is 23.2 Å². The van der Waals surface area contributed by atoms with Crippen molar-refractivity contribution in [3.8, 4) is 0 Å². The second-order valence-corrected chi connectivity index (χ2v) is 5.20. The first-order chi connectivity index (χ1) is 9.08. The molecule has 0 aliphatic heterocycles. The monoisotopic (exact) mass is 295 g/mol. The molecular formula is C15H15Cl2NO. The van der Waals surface area contributed by atoms with E-state index < -0.39 is 6.10 Å². The van der Waals surface area contributed by atoms with Crippen LogP contribution in [0.1, 0.15) is 17.2 Å². The molecule has 0 aromatic heterocycles. The van der Waals surface area contributed by atoms with Crippen LogP contribution < -0.4 is 5.32 Å². The third-order valence-electron chi connectivity index (χ3n) is 3.01. The Morgan fingerprint density at radius 3 is 2.47 bits per heavy atom.